The van der Waals surface area contributed by atoms with E-state index in [1.165, 1.54) is 0 Å². The molecule has 1 saturated heterocycles. The lowest BCUT2D eigenvalue weighted by atomic mass is 10.2. The highest BCUT2D eigenvalue weighted by Crippen LogP contribution is 2.23. The third kappa shape index (κ3) is 2.81. The van der Waals surface area contributed by atoms with Crippen molar-refractivity contribution in [3.8, 4) is 5.75 Å². The number of benzene rings is 1. The first-order valence-electron chi connectivity index (χ1n) is 5.30. The molecule has 2 N–H and O–H groups in total. The Morgan fingerprint density at radius 3 is 2.83 bits per heavy atom. The fourth-order valence-electron chi connectivity index (χ4n) is 1.50. The maximum Gasteiger partial charge on any atom is 0.264 e. The molecule has 1 heterocycles. The molecule has 0 aliphatic carbocycles. The van der Waals surface area contributed by atoms with Crippen molar-refractivity contribution in [2.24, 2.45) is 0 Å². The van der Waals surface area contributed by atoms with Crippen molar-refractivity contribution in [2.45, 2.75) is 0 Å². The van der Waals surface area contributed by atoms with Gasteiger partial charge in [0.25, 0.3) is 5.91 Å². The zero-order chi connectivity index (χ0) is 13.0. The van der Waals surface area contributed by atoms with Crippen LogP contribution < -0.4 is 10.1 Å². The lowest BCUT2D eigenvalue weighted by molar-refractivity contribution is -0.115. The average molecular weight is 260 g/mol. The number of rotatable bonds is 3. The lowest BCUT2D eigenvalue weighted by Gasteiger charge is -2.02. The summed E-state index contributed by atoms with van der Waals surface area (Å²) in [5, 5.41) is 9.90. The van der Waals surface area contributed by atoms with Crippen LogP contribution >= 0.6 is 11.8 Å². The highest BCUT2D eigenvalue weighted by molar-refractivity contribution is 8.18. The molecule has 0 radical (unpaired) electrons. The van der Waals surface area contributed by atoms with Crippen LogP contribution in [0.2, 0.25) is 0 Å². The molecule has 0 saturated carbocycles. The minimum atomic E-state index is -0.227. The van der Waals surface area contributed by atoms with Gasteiger partial charge in [-0.05, 0) is 23.9 Å². The molecule has 92 valence electrons. The molecule has 4 nitrogen and oxygen atoms in total. The second kappa shape index (κ2) is 5.55. The molecule has 5 heteroatoms. The van der Waals surface area contributed by atoms with Crippen molar-refractivity contribution in [3.63, 3.8) is 0 Å². The predicted molar refractivity (Wildman–Crippen MR) is 73.6 cm³/mol. The summed E-state index contributed by atoms with van der Waals surface area (Å²) in [4.78, 5) is 11.9. The predicted octanol–water partition coefficient (Wildman–Crippen LogP) is 2.39. The van der Waals surface area contributed by atoms with E-state index in [9.17, 15) is 4.79 Å². The van der Waals surface area contributed by atoms with Crippen molar-refractivity contribution in [1.29, 1.82) is 5.41 Å². The zero-order valence-corrected chi connectivity index (χ0v) is 10.6. The van der Waals surface area contributed by atoms with Crippen LogP contribution in [0.5, 0.6) is 5.75 Å². The molecule has 1 fully saturated rings. The highest BCUT2D eigenvalue weighted by atomic mass is 32.2. The Morgan fingerprint density at radius 2 is 2.17 bits per heavy atom. The Kier molecular flexibility index (Phi) is 3.84. The number of methoxy groups -OCH3 is 1. The SMILES string of the molecule is COc1ccccc1C=CC=C1SC(=N)NC1=O. The van der Waals surface area contributed by atoms with Crippen molar-refractivity contribution in [1.82, 2.24) is 5.32 Å². The number of amidine groups is 1. The van der Waals surface area contributed by atoms with Gasteiger partial charge in [-0.15, -0.1) is 0 Å². The van der Waals surface area contributed by atoms with Crippen molar-refractivity contribution in [2.75, 3.05) is 7.11 Å². The van der Waals surface area contributed by atoms with Gasteiger partial charge in [-0.1, -0.05) is 30.4 Å². The molecule has 2 rings (SSSR count). The fraction of sp³-hybridized carbons (Fsp3) is 0.0769. The second-order valence-electron chi connectivity index (χ2n) is 3.52. The summed E-state index contributed by atoms with van der Waals surface area (Å²) in [6.45, 7) is 0. The summed E-state index contributed by atoms with van der Waals surface area (Å²) in [5.41, 5.74) is 0.940. The number of nitrogens with one attached hydrogen (secondary N) is 2. The summed E-state index contributed by atoms with van der Waals surface area (Å²) in [6, 6.07) is 7.62. The van der Waals surface area contributed by atoms with Crippen LogP contribution in [0.25, 0.3) is 6.08 Å². The minimum absolute atomic E-state index is 0.164. The van der Waals surface area contributed by atoms with E-state index in [2.05, 4.69) is 5.32 Å². The molecule has 1 aliphatic rings. The number of thioether (sulfide) groups is 1. The number of ether oxygens (including phenoxy) is 1. The third-order valence-electron chi connectivity index (χ3n) is 2.33. The van der Waals surface area contributed by atoms with E-state index in [4.69, 9.17) is 10.1 Å². The van der Waals surface area contributed by atoms with Crippen LogP contribution in [-0.4, -0.2) is 18.2 Å². The van der Waals surface area contributed by atoms with E-state index in [0.29, 0.717) is 4.91 Å². The Morgan fingerprint density at radius 1 is 1.39 bits per heavy atom. The maximum absolute atomic E-state index is 11.4. The summed E-state index contributed by atoms with van der Waals surface area (Å²) >= 11 is 1.12. The first kappa shape index (κ1) is 12.4. The normalized spacial score (nSPS) is 17.5. The molecule has 1 aromatic rings. The maximum atomic E-state index is 11.4. The number of para-hydroxylation sites is 1. The van der Waals surface area contributed by atoms with Crippen LogP contribution in [0, 0.1) is 5.41 Å². The summed E-state index contributed by atoms with van der Waals surface area (Å²) in [5.74, 6) is 0.554. The summed E-state index contributed by atoms with van der Waals surface area (Å²) < 4.78 is 5.22. The fourth-order valence-corrected chi connectivity index (χ4v) is 2.15. The van der Waals surface area contributed by atoms with Gasteiger partial charge in [-0.2, -0.15) is 0 Å². The van der Waals surface area contributed by atoms with Gasteiger partial charge in [0.05, 0.1) is 12.0 Å². The van der Waals surface area contributed by atoms with E-state index in [1.54, 1.807) is 19.3 Å². The largest absolute Gasteiger partial charge is 0.496 e. The third-order valence-corrected chi connectivity index (χ3v) is 3.17. The first-order chi connectivity index (χ1) is 8.70. The van der Waals surface area contributed by atoms with Gasteiger partial charge >= 0.3 is 0 Å². The quantitative estimate of drug-likeness (QED) is 0.820. The second-order valence-corrected chi connectivity index (χ2v) is 4.57. The van der Waals surface area contributed by atoms with Gasteiger partial charge in [-0.3, -0.25) is 10.2 Å². The molecule has 18 heavy (non-hydrogen) atoms. The van der Waals surface area contributed by atoms with Crippen molar-refractivity contribution in [3.05, 3.63) is 46.9 Å². The zero-order valence-electron chi connectivity index (χ0n) is 9.77. The van der Waals surface area contributed by atoms with Crippen LogP contribution in [0.1, 0.15) is 5.56 Å². The summed E-state index contributed by atoms with van der Waals surface area (Å²) in [7, 11) is 1.62. The molecule has 0 atom stereocenters. The Labute approximate surface area is 109 Å². The van der Waals surface area contributed by atoms with Gasteiger partial charge in [0, 0.05) is 5.56 Å². The number of allylic oxidation sites excluding steroid dienone is 2. The molecule has 0 aromatic heterocycles. The monoisotopic (exact) mass is 260 g/mol. The van der Waals surface area contributed by atoms with Crippen LogP contribution in [0.4, 0.5) is 0 Å². The number of carbonyl (C=O) groups excluding carboxylic acids is 1. The van der Waals surface area contributed by atoms with Crippen LogP contribution in [0.3, 0.4) is 0 Å². The number of carbonyl (C=O) groups is 1. The molecule has 1 amide bonds. The highest BCUT2D eigenvalue weighted by Gasteiger charge is 2.21. The molecular weight excluding hydrogens is 248 g/mol. The molecular formula is C13H12N2O2S. The van der Waals surface area contributed by atoms with E-state index in [-0.39, 0.29) is 11.1 Å². The molecule has 1 aliphatic heterocycles. The molecule has 0 unspecified atom stereocenters. The van der Waals surface area contributed by atoms with Crippen molar-refractivity contribution >= 4 is 28.9 Å². The summed E-state index contributed by atoms with van der Waals surface area (Å²) in [6.07, 6.45) is 5.33. The standard InChI is InChI=1S/C13H12N2O2S/c1-17-10-7-3-2-5-9(10)6-4-8-11-12(16)15-13(14)18-11/h2-8H,1H3,(H2,14,15,16). The Hall–Kier alpha value is -2.01. The van der Waals surface area contributed by atoms with E-state index in [1.807, 2.05) is 30.3 Å². The minimum Gasteiger partial charge on any atom is -0.496 e. The Balaban J connectivity index is 2.14. The number of amides is 1. The van der Waals surface area contributed by atoms with E-state index < -0.39 is 0 Å². The first-order valence-corrected chi connectivity index (χ1v) is 6.11. The topological polar surface area (TPSA) is 62.2 Å². The lowest BCUT2D eigenvalue weighted by Crippen LogP contribution is -2.18. The van der Waals surface area contributed by atoms with Gasteiger partial charge in [-0.25, -0.2) is 0 Å². The van der Waals surface area contributed by atoms with Gasteiger partial charge < -0.3 is 10.1 Å². The van der Waals surface area contributed by atoms with E-state index in [0.717, 1.165) is 23.1 Å². The average Bonchev–Trinajstić information content (AvgIpc) is 2.68. The van der Waals surface area contributed by atoms with Gasteiger partial charge in [0.15, 0.2) is 5.17 Å². The molecule has 1 aromatic carbocycles. The van der Waals surface area contributed by atoms with Gasteiger partial charge in [0.1, 0.15) is 5.75 Å². The van der Waals surface area contributed by atoms with Crippen LogP contribution in [0.15, 0.2) is 41.3 Å². The van der Waals surface area contributed by atoms with Crippen molar-refractivity contribution < 1.29 is 9.53 Å². The van der Waals surface area contributed by atoms with Crippen LogP contribution in [-0.2, 0) is 4.79 Å². The molecule has 0 bridgehead atoms. The van der Waals surface area contributed by atoms with Gasteiger partial charge in [0.2, 0.25) is 0 Å². The Bertz CT molecular complexity index is 550. The smallest absolute Gasteiger partial charge is 0.264 e. The number of hydrogen-bond donors (Lipinski definition) is 2. The van der Waals surface area contributed by atoms with E-state index >= 15 is 0 Å². The number of hydrogen-bond acceptors (Lipinski definition) is 4. The molecule has 0 spiro atoms.